The van der Waals surface area contributed by atoms with Crippen LogP contribution in [-0.4, -0.2) is 26.6 Å². The molecule has 0 spiro atoms. The van der Waals surface area contributed by atoms with Gasteiger partial charge in [-0.2, -0.15) is 5.10 Å². The predicted octanol–water partition coefficient (Wildman–Crippen LogP) is 4.48. The Morgan fingerprint density at radius 3 is 2.56 bits per heavy atom. The van der Waals surface area contributed by atoms with E-state index < -0.39 is 5.97 Å². The van der Waals surface area contributed by atoms with E-state index in [0.29, 0.717) is 22.0 Å². The van der Waals surface area contributed by atoms with Crippen LogP contribution in [0.15, 0.2) is 66.2 Å². The van der Waals surface area contributed by atoms with E-state index in [1.165, 1.54) is 17.5 Å². The van der Waals surface area contributed by atoms with Crippen molar-refractivity contribution in [2.45, 2.75) is 26.9 Å². The number of rotatable bonds is 7. The number of aromatic nitrogens is 3. The average molecular weight is 447 g/mol. The third-order valence-corrected chi connectivity index (χ3v) is 5.73. The van der Waals surface area contributed by atoms with Gasteiger partial charge in [0, 0.05) is 11.1 Å². The Labute approximate surface area is 189 Å². The number of carbonyl (C=O) groups excluding carboxylic acids is 2. The molecule has 2 aromatic carbocycles. The zero-order valence-corrected chi connectivity index (χ0v) is 18.6. The number of anilines is 1. The third kappa shape index (κ3) is 5.09. The van der Waals surface area contributed by atoms with Crippen molar-refractivity contribution in [1.29, 1.82) is 0 Å². The smallest absolute Gasteiger partial charge is 0.342 e. The first-order valence-electron chi connectivity index (χ1n) is 10.1. The molecule has 0 aliphatic carbocycles. The van der Waals surface area contributed by atoms with Gasteiger partial charge >= 0.3 is 5.97 Å². The number of ether oxygens (including phenoxy) is 1. The Balaban J connectivity index is 1.32. The largest absolute Gasteiger partial charge is 0.455 e. The van der Waals surface area contributed by atoms with Gasteiger partial charge in [0.25, 0.3) is 0 Å². The molecule has 0 fully saturated rings. The number of aryl methyl sites for hydroxylation is 1. The van der Waals surface area contributed by atoms with Crippen LogP contribution in [0, 0.1) is 13.8 Å². The SMILES string of the molecule is Cc1ccc(NC(=O)Cc2nc(COC(=O)c3cnn(-c4ccccc4)c3C)cs2)cc1. The fraction of sp³-hybridized carbons (Fsp3) is 0.167. The minimum Gasteiger partial charge on any atom is -0.455 e. The summed E-state index contributed by atoms with van der Waals surface area (Å²) in [4.78, 5) is 29.2. The molecule has 32 heavy (non-hydrogen) atoms. The number of thiazole rings is 1. The molecule has 1 N–H and O–H groups in total. The lowest BCUT2D eigenvalue weighted by Crippen LogP contribution is -2.14. The summed E-state index contributed by atoms with van der Waals surface area (Å²) >= 11 is 1.36. The van der Waals surface area contributed by atoms with Crippen LogP contribution >= 0.6 is 11.3 Å². The number of benzene rings is 2. The van der Waals surface area contributed by atoms with Crippen molar-refractivity contribution in [3.8, 4) is 5.69 Å². The van der Waals surface area contributed by atoms with Crippen LogP contribution in [-0.2, 0) is 22.6 Å². The molecule has 0 atom stereocenters. The number of hydrogen-bond acceptors (Lipinski definition) is 6. The number of nitrogens with one attached hydrogen (secondary N) is 1. The molecule has 0 radical (unpaired) electrons. The van der Waals surface area contributed by atoms with Crippen molar-refractivity contribution in [2.24, 2.45) is 0 Å². The second-order valence-electron chi connectivity index (χ2n) is 7.29. The molecule has 4 aromatic rings. The Bertz CT molecular complexity index is 1230. The summed E-state index contributed by atoms with van der Waals surface area (Å²) in [7, 11) is 0. The van der Waals surface area contributed by atoms with Gasteiger partial charge in [-0.3, -0.25) is 4.79 Å². The van der Waals surface area contributed by atoms with E-state index in [-0.39, 0.29) is 18.9 Å². The van der Waals surface area contributed by atoms with E-state index in [1.54, 1.807) is 10.1 Å². The molecule has 0 unspecified atom stereocenters. The summed E-state index contributed by atoms with van der Waals surface area (Å²) in [5, 5.41) is 9.60. The van der Waals surface area contributed by atoms with Crippen molar-refractivity contribution < 1.29 is 14.3 Å². The maximum atomic E-state index is 12.5. The van der Waals surface area contributed by atoms with Crippen molar-refractivity contribution in [2.75, 3.05) is 5.32 Å². The van der Waals surface area contributed by atoms with E-state index in [4.69, 9.17) is 4.74 Å². The standard InChI is InChI=1S/C24H22N4O3S/c1-16-8-10-18(11-9-16)26-22(29)12-23-27-19(15-32-23)14-31-24(30)21-13-25-28(17(21)2)20-6-4-3-5-7-20/h3-11,13,15H,12,14H2,1-2H3,(H,26,29). The lowest BCUT2D eigenvalue weighted by Gasteiger charge is -2.05. The van der Waals surface area contributed by atoms with Crippen molar-refractivity contribution in [3.63, 3.8) is 0 Å². The molecule has 1 amide bonds. The van der Waals surface area contributed by atoms with Gasteiger partial charge in [0.05, 0.1) is 29.7 Å². The van der Waals surface area contributed by atoms with Crippen LogP contribution in [0.4, 0.5) is 5.69 Å². The monoisotopic (exact) mass is 446 g/mol. The van der Waals surface area contributed by atoms with E-state index in [2.05, 4.69) is 15.4 Å². The molecular weight excluding hydrogens is 424 g/mol. The molecule has 0 saturated carbocycles. The van der Waals surface area contributed by atoms with Gasteiger partial charge in [-0.1, -0.05) is 35.9 Å². The zero-order valence-electron chi connectivity index (χ0n) is 17.7. The summed E-state index contributed by atoms with van der Waals surface area (Å²) in [6, 6.07) is 17.2. The Kier molecular flexibility index (Phi) is 6.42. The first-order chi connectivity index (χ1) is 15.5. The highest BCUT2D eigenvalue weighted by atomic mass is 32.1. The normalized spacial score (nSPS) is 10.7. The molecule has 0 aliphatic heterocycles. The zero-order chi connectivity index (χ0) is 22.5. The summed E-state index contributed by atoms with van der Waals surface area (Å²) < 4.78 is 7.12. The summed E-state index contributed by atoms with van der Waals surface area (Å²) in [5.74, 6) is -0.605. The maximum Gasteiger partial charge on any atom is 0.342 e. The average Bonchev–Trinajstić information content (AvgIpc) is 3.40. The first-order valence-corrected chi connectivity index (χ1v) is 10.9. The van der Waals surface area contributed by atoms with Gasteiger partial charge in [-0.15, -0.1) is 11.3 Å². The quantitative estimate of drug-likeness (QED) is 0.423. The highest BCUT2D eigenvalue weighted by Crippen LogP contribution is 2.17. The second kappa shape index (κ2) is 9.57. The molecule has 4 rings (SSSR count). The van der Waals surface area contributed by atoms with Gasteiger partial charge in [0.15, 0.2) is 0 Å². The summed E-state index contributed by atoms with van der Waals surface area (Å²) in [6.07, 6.45) is 1.67. The van der Waals surface area contributed by atoms with E-state index in [1.807, 2.05) is 68.4 Å². The molecule has 2 aromatic heterocycles. The fourth-order valence-corrected chi connectivity index (χ4v) is 3.91. The second-order valence-corrected chi connectivity index (χ2v) is 8.23. The maximum absolute atomic E-state index is 12.5. The van der Waals surface area contributed by atoms with Crippen molar-refractivity contribution in [1.82, 2.24) is 14.8 Å². The van der Waals surface area contributed by atoms with Gasteiger partial charge in [-0.25, -0.2) is 14.5 Å². The lowest BCUT2D eigenvalue weighted by atomic mass is 10.2. The number of hydrogen-bond donors (Lipinski definition) is 1. The number of carbonyl (C=O) groups is 2. The summed E-state index contributed by atoms with van der Waals surface area (Å²) in [6.45, 7) is 3.85. The molecular formula is C24H22N4O3S. The molecule has 0 aliphatic rings. The first kappa shape index (κ1) is 21.5. The highest BCUT2D eigenvalue weighted by Gasteiger charge is 2.17. The van der Waals surface area contributed by atoms with Crippen LogP contribution in [0.1, 0.15) is 32.3 Å². The minimum absolute atomic E-state index is 0.0326. The highest BCUT2D eigenvalue weighted by molar-refractivity contribution is 7.09. The van der Waals surface area contributed by atoms with Crippen molar-refractivity contribution >= 4 is 28.9 Å². The number of esters is 1. The predicted molar refractivity (Wildman–Crippen MR) is 123 cm³/mol. The van der Waals surface area contributed by atoms with Crippen LogP contribution in [0.25, 0.3) is 5.69 Å². The van der Waals surface area contributed by atoms with Crippen LogP contribution in [0.5, 0.6) is 0 Å². The van der Waals surface area contributed by atoms with E-state index in [9.17, 15) is 9.59 Å². The number of nitrogens with zero attached hydrogens (tertiary/aromatic N) is 3. The summed E-state index contributed by atoms with van der Waals surface area (Å²) in [5.41, 5.74) is 4.46. The van der Waals surface area contributed by atoms with Gasteiger partial charge in [0.2, 0.25) is 5.91 Å². The Morgan fingerprint density at radius 1 is 1.06 bits per heavy atom. The third-order valence-electron chi connectivity index (χ3n) is 4.83. The molecule has 8 heteroatoms. The fourth-order valence-electron chi connectivity index (χ4n) is 3.13. The van der Waals surface area contributed by atoms with E-state index >= 15 is 0 Å². The Hall–Kier alpha value is -3.78. The van der Waals surface area contributed by atoms with Gasteiger partial charge in [0.1, 0.15) is 17.2 Å². The lowest BCUT2D eigenvalue weighted by molar-refractivity contribution is -0.115. The molecule has 0 bridgehead atoms. The Morgan fingerprint density at radius 2 is 1.81 bits per heavy atom. The van der Waals surface area contributed by atoms with Crippen LogP contribution < -0.4 is 5.32 Å². The van der Waals surface area contributed by atoms with Crippen LogP contribution in [0.2, 0.25) is 0 Å². The minimum atomic E-state index is -0.462. The molecule has 0 saturated heterocycles. The molecule has 162 valence electrons. The van der Waals surface area contributed by atoms with E-state index in [0.717, 1.165) is 16.9 Å². The van der Waals surface area contributed by atoms with Crippen molar-refractivity contribution in [3.05, 3.63) is 93.7 Å². The van der Waals surface area contributed by atoms with Gasteiger partial charge in [-0.05, 0) is 38.1 Å². The molecule has 2 heterocycles. The number of para-hydroxylation sites is 1. The molecule has 7 nitrogen and oxygen atoms in total. The van der Waals surface area contributed by atoms with Gasteiger partial charge < -0.3 is 10.1 Å². The van der Waals surface area contributed by atoms with Crippen LogP contribution in [0.3, 0.4) is 0 Å². The number of amides is 1. The topological polar surface area (TPSA) is 86.1 Å².